The summed E-state index contributed by atoms with van der Waals surface area (Å²) in [5.41, 5.74) is 0.538. The standard InChI is InChI=1S/C20H22F3N3O2/c1-4-14-5-7-15(8-6-14)12(2)24-19(28)26-18-10-9-16(25-13(3)27)11-17(18)20(21,22)23/h5-12H,4H2,1-3H3,(H,25,27)(H2,24,26,28). The van der Waals surface area contributed by atoms with E-state index in [2.05, 4.69) is 16.0 Å². The van der Waals surface area contributed by atoms with Crippen molar-refractivity contribution < 1.29 is 22.8 Å². The van der Waals surface area contributed by atoms with Gasteiger partial charge in [0.2, 0.25) is 5.91 Å². The summed E-state index contributed by atoms with van der Waals surface area (Å²) in [6, 6.07) is 9.64. The second kappa shape index (κ2) is 8.77. The summed E-state index contributed by atoms with van der Waals surface area (Å²) in [7, 11) is 0. The van der Waals surface area contributed by atoms with Crippen molar-refractivity contribution in [2.45, 2.75) is 39.4 Å². The Morgan fingerprint density at radius 2 is 1.68 bits per heavy atom. The van der Waals surface area contributed by atoms with E-state index in [4.69, 9.17) is 0 Å². The monoisotopic (exact) mass is 393 g/mol. The van der Waals surface area contributed by atoms with Crippen LogP contribution in [0.3, 0.4) is 0 Å². The first-order chi connectivity index (χ1) is 13.1. The molecule has 3 N–H and O–H groups in total. The molecule has 2 rings (SSSR count). The van der Waals surface area contributed by atoms with E-state index in [9.17, 15) is 22.8 Å². The molecular formula is C20H22F3N3O2. The van der Waals surface area contributed by atoms with Crippen molar-refractivity contribution in [3.63, 3.8) is 0 Å². The maximum absolute atomic E-state index is 13.3. The maximum Gasteiger partial charge on any atom is 0.418 e. The number of alkyl halides is 3. The SMILES string of the molecule is CCc1ccc(C(C)NC(=O)Nc2ccc(NC(C)=O)cc2C(F)(F)F)cc1. The summed E-state index contributed by atoms with van der Waals surface area (Å²) >= 11 is 0. The summed E-state index contributed by atoms with van der Waals surface area (Å²) in [5.74, 6) is -0.491. The highest BCUT2D eigenvalue weighted by Crippen LogP contribution is 2.36. The fourth-order valence-corrected chi connectivity index (χ4v) is 2.65. The van der Waals surface area contributed by atoms with Crippen LogP contribution in [0.15, 0.2) is 42.5 Å². The van der Waals surface area contributed by atoms with Crippen molar-refractivity contribution in [3.05, 3.63) is 59.2 Å². The Labute approximate surface area is 161 Å². The molecule has 0 heterocycles. The molecule has 0 aliphatic rings. The normalized spacial score (nSPS) is 12.2. The molecule has 0 aliphatic heterocycles. The van der Waals surface area contributed by atoms with Crippen LogP contribution < -0.4 is 16.0 Å². The van der Waals surface area contributed by atoms with Crippen molar-refractivity contribution in [2.75, 3.05) is 10.6 Å². The molecule has 0 aliphatic carbocycles. The molecule has 5 nitrogen and oxygen atoms in total. The molecule has 3 amide bonds. The van der Waals surface area contributed by atoms with Gasteiger partial charge in [0.25, 0.3) is 0 Å². The second-order valence-corrected chi connectivity index (χ2v) is 6.35. The van der Waals surface area contributed by atoms with Crippen LogP contribution in [-0.2, 0) is 17.4 Å². The van der Waals surface area contributed by atoms with E-state index in [1.807, 2.05) is 31.2 Å². The number of urea groups is 1. The number of rotatable bonds is 5. The lowest BCUT2D eigenvalue weighted by Gasteiger charge is -2.18. The number of nitrogens with one attached hydrogen (secondary N) is 3. The van der Waals surface area contributed by atoms with Crippen molar-refractivity contribution in [1.29, 1.82) is 0 Å². The van der Waals surface area contributed by atoms with Gasteiger partial charge in [-0.2, -0.15) is 13.2 Å². The lowest BCUT2D eigenvalue weighted by atomic mass is 10.1. The highest BCUT2D eigenvalue weighted by Gasteiger charge is 2.34. The molecule has 0 saturated heterocycles. The van der Waals surface area contributed by atoms with Crippen LogP contribution >= 0.6 is 0 Å². The van der Waals surface area contributed by atoms with Crippen molar-refractivity contribution in [3.8, 4) is 0 Å². The van der Waals surface area contributed by atoms with Crippen molar-refractivity contribution in [2.24, 2.45) is 0 Å². The molecular weight excluding hydrogens is 371 g/mol. The summed E-state index contributed by atoms with van der Waals surface area (Å²) in [5, 5.41) is 7.15. The number of carbonyl (C=O) groups is 2. The molecule has 0 radical (unpaired) electrons. The number of hydrogen-bond acceptors (Lipinski definition) is 2. The number of aryl methyl sites for hydroxylation is 1. The summed E-state index contributed by atoms with van der Waals surface area (Å²) in [6.45, 7) is 4.96. The first kappa shape index (κ1) is 21.3. The smallest absolute Gasteiger partial charge is 0.331 e. The Balaban J connectivity index is 2.14. The third kappa shape index (κ3) is 5.73. The molecule has 1 unspecified atom stereocenters. The molecule has 28 heavy (non-hydrogen) atoms. The Morgan fingerprint density at radius 1 is 1.04 bits per heavy atom. The molecule has 150 valence electrons. The summed E-state index contributed by atoms with van der Waals surface area (Å²) in [6.07, 6.45) is -3.81. The van der Waals surface area contributed by atoms with E-state index in [1.165, 1.54) is 13.0 Å². The maximum atomic E-state index is 13.3. The van der Waals surface area contributed by atoms with Crippen LogP contribution in [0.25, 0.3) is 0 Å². The quantitative estimate of drug-likeness (QED) is 0.661. The zero-order valence-corrected chi connectivity index (χ0v) is 15.8. The molecule has 1 atom stereocenters. The van der Waals surface area contributed by atoms with Gasteiger partial charge in [0.15, 0.2) is 0 Å². The fraction of sp³-hybridized carbons (Fsp3) is 0.300. The first-order valence-corrected chi connectivity index (χ1v) is 8.75. The Hall–Kier alpha value is -3.03. The Kier molecular flexibility index (Phi) is 6.66. The van der Waals surface area contributed by atoms with E-state index in [0.29, 0.717) is 0 Å². The summed E-state index contributed by atoms with van der Waals surface area (Å²) < 4.78 is 40.0. The Morgan fingerprint density at radius 3 is 2.21 bits per heavy atom. The van der Waals surface area contributed by atoms with Gasteiger partial charge in [-0.05, 0) is 42.7 Å². The Bertz CT molecular complexity index is 849. The van der Waals surface area contributed by atoms with Gasteiger partial charge >= 0.3 is 12.2 Å². The minimum absolute atomic E-state index is 0.00448. The third-order valence-electron chi connectivity index (χ3n) is 4.13. The molecule has 2 aromatic carbocycles. The van der Waals surface area contributed by atoms with Crippen LogP contribution in [0.1, 0.15) is 43.5 Å². The molecule has 8 heteroatoms. The number of carbonyl (C=O) groups excluding carboxylic acids is 2. The van der Waals surface area contributed by atoms with E-state index in [1.54, 1.807) is 6.92 Å². The van der Waals surface area contributed by atoms with Crippen LogP contribution in [0.4, 0.5) is 29.3 Å². The van der Waals surface area contributed by atoms with Gasteiger partial charge < -0.3 is 16.0 Å². The van der Waals surface area contributed by atoms with Gasteiger partial charge in [-0.1, -0.05) is 31.2 Å². The zero-order valence-electron chi connectivity index (χ0n) is 15.8. The van der Waals surface area contributed by atoms with Crippen LogP contribution in [0.2, 0.25) is 0 Å². The van der Waals surface area contributed by atoms with Crippen LogP contribution in [0, 0.1) is 0 Å². The molecule has 0 spiro atoms. The number of amides is 3. The van der Waals surface area contributed by atoms with E-state index < -0.39 is 29.4 Å². The van der Waals surface area contributed by atoms with Crippen molar-refractivity contribution >= 4 is 23.3 Å². The second-order valence-electron chi connectivity index (χ2n) is 6.35. The molecule has 0 aromatic heterocycles. The minimum Gasteiger partial charge on any atom is -0.331 e. The molecule has 0 bridgehead atoms. The van der Waals surface area contributed by atoms with E-state index >= 15 is 0 Å². The predicted octanol–water partition coefficient (Wildman–Crippen LogP) is 5.11. The van der Waals surface area contributed by atoms with Gasteiger partial charge in [-0.15, -0.1) is 0 Å². The van der Waals surface area contributed by atoms with Gasteiger partial charge in [0.1, 0.15) is 0 Å². The third-order valence-corrected chi connectivity index (χ3v) is 4.13. The first-order valence-electron chi connectivity index (χ1n) is 8.75. The highest BCUT2D eigenvalue weighted by atomic mass is 19.4. The van der Waals surface area contributed by atoms with Gasteiger partial charge in [0.05, 0.1) is 17.3 Å². The molecule has 0 fully saturated rings. The molecule has 2 aromatic rings. The summed E-state index contributed by atoms with van der Waals surface area (Å²) in [4.78, 5) is 23.3. The number of halogens is 3. The van der Waals surface area contributed by atoms with Crippen LogP contribution in [-0.4, -0.2) is 11.9 Å². The van der Waals surface area contributed by atoms with Crippen LogP contribution in [0.5, 0.6) is 0 Å². The average molecular weight is 393 g/mol. The average Bonchev–Trinajstić information content (AvgIpc) is 2.61. The van der Waals surface area contributed by atoms with E-state index in [-0.39, 0.29) is 11.7 Å². The topological polar surface area (TPSA) is 70.2 Å². The predicted molar refractivity (Wildman–Crippen MR) is 102 cm³/mol. The minimum atomic E-state index is -4.70. The largest absolute Gasteiger partial charge is 0.418 e. The van der Waals surface area contributed by atoms with E-state index in [0.717, 1.165) is 29.7 Å². The lowest BCUT2D eigenvalue weighted by molar-refractivity contribution is -0.137. The lowest BCUT2D eigenvalue weighted by Crippen LogP contribution is -2.32. The zero-order chi connectivity index (χ0) is 20.9. The van der Waals surface area contributed by atoms with Gasteiger partial charge in [-0.25, -0.2) is 4.79 Å². The number of hydrogen-bond donors (Lipinski definition) is 3. The number of anilines is 2. The van der Waals surface area contributed by atoms with Gasteiger partial charge in [0, 0.05) is 12.6 Å². The number of benzene rings is 2. The highest BCUT2D eigenvalue weighted by molar-refractivity contribution is 5.92. The van der Waals surface area contributed by atoms with Gasteiger partial charge in [-0.3, -0.25) is 4.79 Å². The molecule has 0 saturated carbocycles. The van der Waals surface area contributed by atoms with Crippen molar-refractivity contribution in [1.82, 2.24) is 5.32 Å². The fourth-order valence-electron chi connectivity index (χ4n) is 2.65.